The van der Waals surface area contributed by atoms with Crippen molar-refractivity contribution >= 4 is 11.7 Å². The van der Waals surface area contributed by atoms with Crippen LogP contribution in [-0.2, 0) is 0 Å². The van der Waals surface area contributed by atoms with Gasteiger partial charge in [0.2, 0.25) is 0 Å². The number of hydrogen-bond donors (Lipinski definition) is 2. The molecule has 1 aromatic rings. The van der Waals surface area contributed by atoms with Gasteiger partial charge in [-0.15, -0.1) is 12.3 Å². The van der Waals surface area contributed by atoms with E-state index in [9.17, 15) is 4.79 Å². The minimum Gasteiger partial charge on any atom is -0.476 e. The van der Waals surface area contributed by atoms with Crippen LogP contribution < -0.4 is 5.32 Å². The van der Waals surface area contributed by atoms with Crippen LogP contribution in [0.4, 0.5) is 5.69 Å². The average Bonchev–Trinajstić information content (AvgIpc) is 2.29. The second kappa shape index (κ2) is 6.46. The van der Waals surface area contributed by atoms with Crippen LogP contribution in [0.3, 0.4) is 0 Å². The summed E-state index contributed by atoms with van der Waals surface area (Å²) in [6.07, 6.45) is 9.19. The van der Waals surface area contributed by atoms with Crippen LogP contribution in [0, 0.1) is 12.3 Å². The molecule has 0 aliphatic carbocycles. The highest BCUT2D eigenvalue weighted by molar-refractivity contribution is 5.91. The average molecular weight is 218 g/mol. The van der Waals surface area contributed by atoms with Crippen molar-refractivity contribution in [1.82, 2.24) is 4.98 Å². The van der Waals surface area contributed by atoms with Crippen LogP contribution in [0.5, 0.6) is 0 Å². The topological polar surface area (TPSA) is 62.2 Å². The van der Waals surface area contributed by atoms with Crippen molar-refractivity contribution in [3.05, 3.63) is 24.0 Å². The van der Waals surface area contributed by atoms with Gasteiger partial charge in [0.25, 0.3) is 0 Å². The minimum absolute atomic E-state index is 0.0550. The zero-order chi connectivity index (χ0) is 11.8. The molecule has 0 amide bonds. The summed E-state index contributed by atoms with van der Waals surface area (Å²) in [5.41, 5.74) is 0.607. The molecule has 0 aromatic carbocycles. The lowest BCUT2D eigenvalue weighted by molar-refractivity contribution is 0.0691. The SMILES string of the molecule is C#CCCCCNc1cccnc1C(=O)O. The van der Waals surface area contributed by atoms with E-state index < -0.39 is 5.97 Å². The van der Waals surface area contributed by atoms with E-state index in [1.807, 2.05) is 0 Å². The lowest BCUT2D eigenvalue weighted by Gasteiger charge is -2.07. The molecule has 1 heterocycles. The quantitative estimate of drug-likeness (QED) is 0.566. The summed E-state index contributed by atoms with van der Waals surface area (Å²) in [7, 11) is 0. The van der Waals surface area contributed by atoms with E-state index in [1.165, 1.54) is 6.20 Å². The molecule has 0 aliphatic rings. The van der Waals surface area contributed by atoms with Crippen molar-refractivity contribution in [2.45, 2.75) is 19.3 Å². The van der Waals surface area contributed by atoms with Gasteiger partial charge in [0, 0.05) is 19.2 Å². The highest BCUT2D eigenvalue weighted by Crippen LogP contribution is 2.12. The standard InChI is InChI=1S/C12H14N2O2/c1-2-3-4-5-8-13-10-7-6-9-14-11(10)12(15)16/h1,6-7,9,13H,3-5,8H2,(H,15,16). The van der Waals surface area contributed by atoms with E-state index in [2.05, 4.69) is 16.2 Å². The monoisotopic (exact) mass is 218 g/mol. The molecule has 1 aromatic heterocycles. The Bertz CT molecular complexity index is 396. The van der Waals surface area contributed by atoms with Gasteiger partial charge in [-0.05, 0) is 25.0 Å². The van der Waals surface area contributed by atoms with Crippen molar-refractivity contribution in [3.8, 4) is 12.3 Å². The molecule has 0 spiro atoms. The van der Waals surface area contributed by atoms with Gasteiger partial charge in [-0.1, -0.05) is 0 Å². The third kappa shape index (κ3) is 3.62. The smallest absolute Gasteiger partial charge is 0.356 e. The third-order valence-corrected chi connectivity index (χ3v) is 2.07. The molecule has 2 N–H and O–H groups in total. The van der Waals surface area contributed by atoms with Crippen LogP contribution in [0.25, 0.3) is 0 Å². The summed E-state index contributed by atoms with van der Waals surface area (Å²) in [6, 6.07) is 3.41. The first-order valence-corrected chi connectivity index (χ1v) is 5.11. The van der Waals surface area contributed by atoms with E-state index in [1.54, 1.807) is 12.1 Å². The number of rotatable bonds is 6. The molecule has 0 radical (unpaired) electrons. The summed E-state index contributed by atoms with van der Waals surface area (Å²) >= 11 is 0. The second-order valence-corrected chi connectivity index (χ2v) is 3.29. The minimum atomic E-state index is -1.02. The van der Waals surface area contributed by atoms with Gasteiger partial charge in [-0.2, -0.15) is 0 Å². The predicted molar refractivity (Wildman–Crippen MR) is 62.4 cm³/mol. The van der Waals surface area contributed by atoms with Crippen molar-refractivity contribution in [2.75, 3.05) is 11.9 Å². The van der Waals surface area contributed by atoms with Crippen molar-refractivity contribution < 1.29 is 9.90 Å². The molecule has 1 rings (SSSR count). The number of unbranched alkanes of at least 4 members (excludes halogenated alkanes) is 2. The van der Waals surface area contributed by atoms with E-state index >= 15 is 0 Å². The molecule has 0 saturated heterocycles. The Morgan fingerprint density at radius 1 is 1.56 bits per heavy atom. The summed E-state index contributed by atoms with van der Waals surface area (Å²) in [5, 5.41) is 11.9. The zero-order valence-electron chi connectivity index (χ0n) is 8.94. The highest BCUT2D eigenvalue weighted by Gasteiger charge is 2.09. The predicted octanol–water partition coefficient (Wildman–Crippen LogP) is 2.00. The number of anilines is 1. The lowest BCUT2D eigenvalue weighted by Crippen LogP contribution is -2.09. The van der Waals surface area contributed by atoms with E-state index in [0.717, 1.165) is 19.3 Å². The molecule has 16 heavy (non-hydrogen) atoms. The first kappa shape index (κ1) is 12.1. The summed E-state index contributed by atoms with van der Waals surface area (Å²) < 4.78 is 0. The van der Waals surface area contributed by atoms with Gasteiger partial charge in [0.05, 0.1) is 5.69 Å². The zero-order valence-corrected chi connectivity index (χ0v) is 8.94. The van der Waals surface area contributed by atoms with Crippen molar-refractivity contribution in [3.63, 3.8) is 0 Å². The fourth-order valence-electron chi connectivity index (χ4n) is 1.29. The van der Waals surface area contributed by atoms with Crippen molar-refractivity contribution in [2.24, 2.45) is 0 Å². The van der Waals surface area contributed by atoms with Crippen molar-refractivity contribution in [1.29, 1.82) is 0 Å². The van der Waals surface area contributed by atoms with Gasteiger partial charge in [-0.25, -0.2) is 9.78 Å². The van der Waals surface area contributed by atoms with Gasteiger partial charge in [0.1, 0.15) is 0 Å². The Hall–Kier alpha value is -2.02. The number of aromatic nitrogens is 1. The second-order valence-electron chi connectivity index (χ2n) is 3.29. The maximum absolute atomic E-state index is 10.8. The Kier molecular flexibility index (Phi) is 4.87. The normalized spacial score (nSPS) is 9.44. The molecule has 0 unspecified atom stereocenters. The van der Waals surface area contributed by atoms with Gasteiger partial charge in [-0.3, -0.25) is 0 Å². The van der Waals surface area contributed by atoms with E-state index in [4.69, 9.17) is 11.5 Å². The van der Waals surface area contributed by atoms with Crippen LogP contribution in [0.1, 0.15) is 29.8 Å². The van der Waals surface area contributed by atoms with Crippen LogP contribution >= 0.6 is 0 Å². The molecule has 0 fully saturated rings. The summed E-state index contributed by atoms with van der Waals surface area (Å²) in [4.78, 5) is 14.6. The van der Waals surface area contributed by atoms with Gasteiger partial charge in [0.15, 0.2) is 5.69 Å². The molecular weight excluding hydrogens is 204 g/mol. The molecule has 0 saturated carbocycles. The maximum Gasteiger partial charge on any atom is 0.356 e. The number of carboxylic acid groups (broad SMARTS) is 1. The Morgan fingerprint density at radius 3 is 3.06 bits per heavy atom. The third-order valence-electron chi connectivity index (χ3n) is 2.07. The molecule has 84 valence electrons. The maximum atomic E-state index is 10.8. The number of carboxylic acids is 1. The number of pyridine rings is 1. The molecule has 4 heteroatoms. The van der Waals surface area contributed by atoms with Crippen LogP contribution in [0.2, 0.25) is 0 Å². The molecule has 0 bridgehead atoms. The highest BCUT2D eigenvalue weighted by atomic mass is 16.4. The van der Waals surface area contributed by atoms with E-state index in [-0.39, 0.29) is 5.69 Å². The number of nitrogens with zero attached hydrogens (tertiary/aromatic N) is 1. The molecular formula is C12H14N2O2. The largest absolute Gasteiger partial charge is 0.476 e. The molecule has 4 nitrogen and oxygen atoms in total. The fourth-order valence-corrected chi connectivity index (χ4v) is 1.29. The lowest BCUT2D eigenvalue weighted by atomic mass is 10.2. The van der Waals surface area contributed by atoms with Crippen LogP contribution in [0.15, 0.2) is 18.3 Å². The summed E-state index contributed by atoms with van der Waals surface area (Å²) in [5.74, 6) is 1.54. The Labute approximate surface area is 94.7 Å². The number of terminal acetylenes is 1. The molecule has 0 atom stereocenters. The number of nitrogens with one attached hydrogen (secondary N) is 1. The summed E-state index contributed by atoms with van der Waals surface area (Å²) in [6.45, 7) is 0.702. The van der Waals surface area contributed by atoms with Gasteiger partial charge >= 0.3 is 5.97 Å². The number of carbonyl (C=O) groups is 1. The van der Waals surface area contributed by atoms with E-state index in [0.29, 0.717) is 12.2 Å². The fraction of sp³-hybridized carbons (Fsp3) is 0.333. The Balaban J connectivity index is 2.47. The van der Waals surface area contributed by atoms with Crippen LogP contribution in [-0.4, -0.2) is 22.6 Å². The number of aromatic carboxylic acids is 1. The van der Waals surface area contributed by atoms with Gasteiger partial charge < -0.3 is 10.4 Å². The first-order chi connectivity index (χ1) is 7.75. The number of hydrogen-bond acceptors (Lipinski definition) is 3. The molecule has 0 aliphatic heterocycles. The Morgan fingerprint density at radius 2 is 2.38 bits per heavy atom. The first-order valence-electron chi connectivity index (χ1n) is 5.11.